The molecule has 1 heterocycles. The number of hydrogen-bond acceptors (Lipinski definition) is 6. The molecule has 7 nitrogen and oxygen atoms in total. The number of amidine groups is 1. The first-order valence-electron chi connectivity index (χ1n) is 4.31. The van der Waals surface area contributed by atoms with Crippen molar-refractivity contribution in [1.82, 2.24) is 0 Å². The van der Waals surface area contributed by atoms with Crippen molar-refractivity contribution in [3.05, 3.63) is 5.73 Å². The van der Waals surface area contributed by atoms with Crippen LogP contribution in [0.1, 0.15) is 0 Å². The fraction of sp³-hybridized carbons (Fsp3) is 0.857. The van der Waals surface area contributed by atoms with Crippen LogP contribution in [0.25, 0.3) is 5.73 Å². The Hall–Kier alpha value is 5.39. The van der Waals surface area contributed by atoms with Crippen molar-refractivity contribution in [3.8, 4) is 0 Å². The smallest absolute Gasteiger partial charge is 0.153 e. The first-order valence-corrected chi connectivity index (χ1v) is 5.19. The van der Waals surface area contributed by atoms with Crippen molar-refractivity contribution in [2.75, 3.05) is 6.61 Å². The minimum Gasteiger partial charge on any atom is -0.670 e. The molecule has 7 N–H and O–H groups in total. The summed E-state index contributed by atoms with van der Waals surface area (Å²) in [5.41, 5.74) is 11.8. The molecule has 1 rings (SSSR count). The molecule has 1 fully saturated rings. The van der Waals surface area contributed by atoms with E-state index in [0.29, 0.717) is 0 Å². The molecule has 0 aliphatic carbocycles. The maximum Gasteiger partial charge on any atom is 0.153 e. The number of ether oxygens (including phenoxy) is 1. The van der Waals surface area contributed by atoms with Crippen LogP contribution >= 0.6 is 11.8 Å². The largest absolute Gasteiger partial charge is 0.670 e. The van der Waals surface area contributed by atoms with Gasteiger partial charge in [-0.15, -0.1) is 0 Å². The van der Waals surface area contributed by atoms with Gasteiger partial charge >= 0.3 is 0 Å². The van der Waals surface area contributed by atoms with Crippen molar-refractivity contribution in [2.24, 2.45) is 5.73 Å². The van der Waals surface area contributed by atoms with Gasteiger partial charge in [0, 0.05) is 176 Å². The Bertz CT molecular complexity index is 254. The molecule has 12 heteroatoms. The Balaban J connectivity index is -0.000000281. The SMILES string of the molecule is N=C(N)S[C@@H]1OC(CO)[C@H](O)C(O)C1[NH-].[Ac].[Ac].[Ac].[Ac]. The molecule has 100 valence electrons. The average Bonchev–Trinajstić information content (AvgIpc) is 2.18. The van der Waals surface area contributed by atoms with Crippen LogP contribution in [0, 0.1) is 182 Å². The molecule has 0 spiro atoms. The summed E-state index contributed by atoms with van der Waals surface area (Å²) in [4.78, 5) is 0. The quantitative estimate of drug-likeness (QED) is 0.168. The van der Waals surface area contributed by atoms with Gasteiger partial charge in [-0.3, -0.25) is 5.41 Å². The van der Waals surface area contributed by atoms with Crippen LogP contribution in [0.3, 0.4) is 0 Å². The van der Waals surface area contributed by atoms with Crippen LogP contribution in [-0.4, -0.2) is 56.9 Å². The third-order valence-electron chi connectivity index (χ3n) is 2.12. The van der Waals surface area contributed by atoms with Crippen molar-refractivity contribution < 1.29 is 196 Å². The Morgan fingerprint density at radius 1 is 1.21 bits per heavy atom. The molecule has 1 aliphatic rings. The molecule has 3 unspecified atom stereocenters. The summed E-state index contributed by atoms with van der Waals surface area (Å²) in [6.45, 7) is -0.458. The predicted octanol–water partition coefficient (Wildman–Crippen LogP) is -1.53. The van der Waals surface area contributed by atoms with E-state index in [9.17, 15) is 10.2 Å². The average molecular weight is 1140 g/mol. The molecular formula is C7H14Ac4N3O4S-. The Morgan fingerprint density at radius 2 is 1.68 bits per heavy atom. The summed E-state index contributed by atoms with van der Waals surface area (Å²) in [7, 11) is 0. The van der Waals surface area contributed by atoms with Crippen LogP contribution in [0.2, 0.25) is 0 Å². The first kappa shape index (κ1) is 32.1. The number of nitrogens with one attached hydrogen (secondary N) is 2. The van der Waals surface area contributed by atoms with Crippen LogP contribution in [0.5, 0.6) is 0 Å². The second-order valence-corrected chi connectivity index (χ2v) is 4.35. The van der Waals surface area contributed by atoms with E-state index >= 15 is 0 Å². The summed E-state index contributed by atoms with van der Waals surface area (Å²) in [5, 5.41) is 34.5. The zero-order valence-electron chi connectivity index (χ0n) is 10.1. The zero-order valence-corrected chi connectivity index (χ0v) is 29.9. The minimum absolute atomic E-state index is 0. The van der Waals surface area contributed by atoms with Gasteiger partial charge in [0.1, 0.15) is 12.2 Å². The number of rotatable bonds is 2. The second-order valence-electron chi connectivity index (χ2n) is 3.21. The van der Waals surface area contributed by atoms with E-state index in [-0.39, 0.29) is 181 Å². The fourth-order valence-corrected chi connectivity index (χ4v) is 2.06. The second kappa shape index (κ2) is 16.8. The van der Waals surface area contributed by atoms with Gasteiger partial charge in [0.15, 0.2) is 5.17 Å². The summed E-state index contributed by atoms with van der Waals surface area (Å²) >= 11 is 0.778. The van der Waals surface area contributed by atoms with Gasteiger partial charge in [0.25, 0.3) is 0 Å². The van der Waals surface area contributed by atoms with Gasteiger partial charge < -0.3 is 31.5 Å². The van der Waals surface area contributed by atoms with Crippen molar-refractivity contribution >= 4 is 16.9 Å². The van der Waals surface area contributed by atoms with Gasteiger partial charge in [0.2, 0.25) is 0 Å². The molecule has 5 atom stereocenters. The molecular weight excluding hydrogens is 1130 g/mol. The molecule has 0 amide bonds. The van der Waals surface area contributed by atoms with E-state index in [2.05, 4.69) is 0 Å². The Morgan fingerprint density at radius 3 is 2.05 bits per heavy atom. The molecule has 0 aromatic carbocycles. The van der Waals surface area contributed by atoms with E-state index in [0.717, 1.165) is 11.8 Å². The minimum atomic E-state index is -1.31. The Labute approximate surface area is 259 Å². The van der Waals surface area contributed by atoms with E-state index in [1.807, 2.05) is 0 Å². The number of aliphatic hydroxyl groups excluding tert-OH is 3. The number of aliphatic hydroxyl groups is 3. The molecule has 1 aliphatic heterocycles. The van der Waals surface area contributed by atoms with Gasteiger partial charge in [-0.1, -0.05) is 17.8 Å². The maximum absolute atomic E-state index is 9.48. The topological polar surface area (TPSA) is 144 Å². The molecule has 1 saturated heterocycles. The van der Waals surface area contributed by atoms with Gasteiger partial charge in [-0.2, -0.15) is 0 Å². The van der Waals surface area contributed by atoms with Gasteiger partial charge in [-0.25, -0.2) is 0 Å². The van der Waals surface area contributed by atoms with Crippen LogP contribution in [0.15, 0.2) is 0 Å². The molecule has 0 aromatic heterocycles. The van der Waals surface area contributed by atoms with Crippen LogP contribution in [0.4, 0.5) is 0 Å². The van der Waals surface area contributed by atoms with Crippen LogP contribution < -0.4 is 5.73 Å². The Kier molecular flexibility index (Phi) is 28.4. The number of hydrogen-bond donors (Lipinski definition) is 5. The normalized spacial score (nSPS) is 32.7. The third-order valence-corrected chi connectivity index (χ3v) is 3.01. The fourth-order valence-electron chi connectivity index (χ4n) is 1.31. The summed E-state index contributed by atoms with van der Waals surface area (Å²) < 4.78 is 5.14. The summed E-state index contributed by atoms with van der Waals surface area (Å²) in [6, 6.07) is -1.10. The van der Waals surface area contributed by atoms with Crippen molar-refractivity contribution in [1.29, 1.82) is 5.41 Å². The van der Waals surface area contributed by atoms with E-state index in [4.69, 9.17) is 26.7 Å². The maximum atomic E-state index is 9.48. The summed E-state index contributed by atoms with van der Waals surface area (Å²) in [6.07, 6.45) is -3.55. The van der Waals surface area contributed by atoms with Gasteiger partial charge in [-0.05, 0) is 0 Å². The molecule has 0 bridgehead atoms. The predicted molar refractivity (Wildman–Crippen MR) is 55.4 cm³/mol. The van der Waals surface area contributed by atoms with E-state index in [1.165, 1.54) is 0 Å². The standard InChI is InChI=1S/C7H14N3O4S.4Ac/c8-3-5(13)4(12)2(1-11)14-6(3)15-7(9)10;;;;/h2-6,8,11-13H,1H2,(H3,9,10);;;;/q-1;;;;/t2?,3?,4-,5?,6-;;;;/m0..../s1. The molecule has 0 saturated carbocycles. The van der Waals surface area contributed by atoms with Crippen LogP contribution in [-0.2, 0) is 4.74 Å². The molecule has 4 radical (unpaired) electrons. The van der Waals surface area contributed by atoms with Gasteiger partial charge in [0.05, 0.1) is 18.1 Å². The number of thioether (sulfide) groups is 1. The van der Waals surface area contributed by atoms with Crippen molar-refractivity contribution in [2.45, 2.75) is 29.8 Å². The van der Waals surface area contributed by atoms with E-state index in [1.54, 1.807) is 0 Å². The van der Waals surface area contributed by atoms with E-state index < -0.39 is 36.4 Å². The molecule has 0 aromatic rings. The zero-order chi connectivity index (χ0) is 11.6. The third kappa shape index (κ3) is 10.9. The summed E-state index contributed by atoms with van der Waals surface area (Å²) in [5.74, 6) is 0. The number of nitrogens with two attached hydrogens (primary N) is 1. The first-order chi connectivity index (χ1) is 6.97. The van der Waals surface area contributed by atoms with Crippen molar-refractivity contribution in [3.63, 3.8) is 0 Å². The molecule has 19 heavy (non-hydrogen) atoms. The monoisotopic (exact) mass is 1140 g/mol.